The van der Waals surface area contributed by atoms with Crippen LogP contribution in [0, 0.1) is 5.82 Å². The Hall–Kier alpha value is -1.46. The van der Waals surface area contributed by atoms with Crippen LogP contribution < -0.4 is 5.32 Å². The molecule has 0 aromatic heterocycles. The maximum absolute atomic E-state index is 13.1. The van der Waals surface area contributed by atoms with E-state index < -0.39 is 4.75 Å². The summed E-state index contributed by atoms with van der Waals surface area (Å²) in [7, 11) is 2.88. The average Bonchev–Trinajstić information content (AvgIpc) is 2.91. The summed E-state index contributed by atoms with van der Waals surface area (Å²) in [4.78, 5) is 30.9. The van der Waals surface area contributed by atoms with Crippen molar-refractivity contribution in [3.05, 3.63) is 35.6 Å². The molecule has 146 valence electrons. The van der Waals surface area contributed by atoms with Crippen molar-refractivity contribution >= 4 is 38.0 Å². The van der Waals surface area contributed by atoms with E-state index in [9.17, 15) is 14.0 Å². The third kappa shape index (κ3) is 3.90. The summed E-state index contributed by atoms with van der Waals surface area (Å²) in [6, 6.07) is 6.06. The van der Waals surface area contributed by atoms with Crippen molar-refractivity contribution in [3.63, 3.8) is 0 Å². The molecule has 27 heavy (non-hydrogen) atoms. The van der Waals surface area contributed by atoms with Crippen molar-refractivity contribution in [2.75, 3.05) is 13.1 Å². The first-order valence-corrected chi connectivity index (χ1v) is 10.4. The molecule has 5 nitrogen and oxygen atoms in total. The molecule has 0 bridgehead atoms. The van der Waals surface area contributed by atoms with Crippen LogP contribution in [0.15, 0.2) is 29.3 Å². The maximum atomic E-state index is 13.1. The fraction of sp³-hybridized carbons (Fsp3) is 0.526. The van der Waals surface area contributed by atoms with Crippen LogP contribution in [-0.4, -0.2) is 44.9 Å². The van der Waals surface area contributed by atoms with Crippen LogP contribution in [0.5, 0.6) is 0 Å². The molecule has 2 aliphatic rings. The largest absolute Gasteiger partial charge is 0.343 e. The Bertz CT molecular complexity index is 778. The molecule has 2 unspecified atom stereocenters. The van der Waals surface area contributed by atoms with Crippen LogP contribution in [0.25, 0.3) is 0 Å². The van der Waals surface area contributed by atoms with Gasteiger partial charge in [0.1, 0.15) is 10.6 Å². The van der Waals surface area contributed by atoms with Gasteiger partial charge in [0, 0.05) is 25.2 Å². The Morgan fingerprint density at radius 3 is 2.48 bits per heavy atom. The zero-order valence-corrected chi connectivity index (χ0v) is 17.8. The van der Waals surface area contributed by atoms with Crippen molar-refractivity contribution in [2.24, 2.45) is 4.99 Å². The summed E-state index contributed by atoms with van der Waals surface area (Å²) in [5.74, 6) is -0.258. The number of thioether (sulfide) groups is 1. The van der Waals surface area contributed by atoms with Gasteiger partial charge in [0.2, 0.25) is 11.8 Å². The predicted molar refractivity (Wildman–Crippen MR) is 110 cm³/mol. The maximum Gasteiger partial charge on any atom is 0.243 e. The number of piperidine rings is 1. The summed E-state index contributed by atoms with van der Waals surface area (Å²) in [6.45, 7) is 6.76. The van der Waals surface area contributed by atoms with Crippen LogP contribution in [0.1, 0.15) is 45.2 Å². The first kappa shape index (κ1) is 20.3. The number of amidine groups is 1. The Morgan fingerprint density at radius 2 is 1.93 bits per heavy atom. The summed E-state index contributed by atoms with van der Waals surface area (Å²) in [6.07, 6.45) is 1.49. The highest BCUT2D eigenvalue weighted by Crippen LogP contribution is 2.51. The molecule has 1 aromatic rings. The van der Waals surface area contributed by atoms with Gasteiger partial charge in [-0.25, -0.2) is 4.39 Å². The van der Waals surface area contributed by atoms with Crippen molar-refractivity contribution in [1.29, 1.82) is 0 Å². The molecule has 2 heterocycles. The van der Waals surface area contributed by atoms with E-state index >= 15 is 0 Å². The quantitative estimate of drug-likeness (QED) is 0.781. The van der Waals surface area contributed by atoms with Crippen LogP contribution in [0.4, 0.5) is 4.39 Å². The van der Waals surface area contributed by atoms with Gasteiger partial charge in [-0.2, -0.15) is 0 Å². The highest BCUT2D eigenvalue weighted by atomic mass is 32.2. The summed E-state index contributed by atoms with van der Waals surface area (Å²) < 4.78 is 12.4. The van der Waals surface area contributed by atoms with Gasteiger partial charge in [-0.05, 0) is 44.4 Å². The fourth-order valence-electron chi connectivity index (χ4n) is 3.56. The monoisotopic (exact) mass is 409 g/mol. The number of hydrogen-bond donors (Lipinski definition) is 1. The van der Waals surface area contributed by atoms with E-state index in [1.165, 1.54) is 23.9 Å². The minimum Gasteiger partial charge on any atom is -0.343 e. The molecule has 0 spiro atoms. The molecule has 2 aliphatic heterocycles. The third-order valence-corrected chi connectivity index (χ3v) is 8.43. The highest BCUT2D eigenvalue weighted by Gasteiger charge is 2.56. The molecule has 3 rings (SSSR count). The Morgan fingerprint density at radius 1 is 1.33 bits per heavy atom. The number of likely N-dealkylation sites (tertiary alicyclic amines) is 1. The predicted octanol–water partition coefficient (Wildman–Crippen LogP) is 3.12. The molecule has 2 fully saturated rings. The molecule has 1 aromatic carbocycles. The van der Waals surface area contributed by atoms with Gasteiger partial charge in [-0.3, -0.25) is 14.6 Å². The lowest BCUT2D eigenvalue weighted by Gasteiger charge is -2.46. The number of nitrogens with one attached hydrogen (secondary N) is 1. The van der Waals surface area contributed by atoms with Gasteiger partial charge in [0.25, 0.3) is 0 Å². The number of benzene rings is 1. The molecule has 8 heteroatoms. The number of carbonyl (C=O) groups excluding carboxylic acids is 2. The molecular formula is C19H25FN3O2PS. The minimum absolute atomic E-state index is 0.0520. The van der Waals surface area contributed by atoms with Gasteiger partial charge in [-0.15, -0.1) is 9.24 Å². The Kier molecular flexibility index (Phi) is 5.64. The van der Waals surface area contributed by atoms with E-state index in [0.717, 1.165) is 18.4 Å². The SMILES string of the molecule is CC(=O)N1CCC(P)(C2(C)SC(=N[C@@H](C)c3ccc(F)cc3)NC2=O)CC1. The first-order valence-electron chi connectivity index (χ1n) is 9.03. The van der Waals surface area contributed by atoms with E-state index in [1.54, 1.807) is 19.1 Å². The van der Waals surface area contributed by atoms with Gasteiger partial charge >= 0.3 is 0 Å². The van der Waals surface area contributed by atoms with Gasteiger partial charge < -0.3 is 10.2 Å². The molecule has 3 atom stereocenters. The number of aliphatic imine (C=N–C) groups is 1. The molecule has 0 radical (unpaired) electrons. The lowest BCUT2D eigenvalue weighted by molar-refractivity contribution is -0.130. The number of carbonyl (C=O) groups is 2. The smallest absolute Gasteiger partial charge is 0.243 e. The van der Waals surface area contributed by atoms with E-state index in [4.69, 9.17) is 0 Å². The van der Waals surface area contributed by atoms with Crippen LogP contribution in [0.3, 0.4) is 0 Å². The van der Waals surface area contributed by atoms with Crippen molar-refractivity contribution in [3.8, 4) is 0 Å². The third-order valence-electron chi connectivity index (χ3n) is 5.67. The zero-order chi connectivity index (χ0) is 19.8. The second-order valence-electron chi connectivity index (χ2n) is 7.41. The molecule has 2 saturated heterocycles. The summed E-state index contributed by atoms with van der Waals surface area (Å²) in [5, 5.41) is 3.21. The average molecular weight is 409 g/mol. The number of nitrogens with zero attached hydrogens (tertiary/aromatic N) is 2. The Labute approximate surface area is 165 Å². The van der Waals surface area contributed by atoms with E-state index in [2.05, 4.69) is 19.5 Å². The molecule has 1 N–H and O–H groups in total. The molecular weight excluding hydrogens is 384 g/mol. The minimum atomic E-state index is -0.665. The number of rotatable bonds is 3. The lowest BCUT2D eigenvalue weighted by Crippen LogP contribution is -2.56. The van der Waals surface area contributed by atoms with Crippen LogP contribution in [-0.2, 0) is 9.59 Å². The highest BCUT2D eigenvalue weighted by molar-refractivity contribution is 8.16. The number of amides is 2. The van der Waals surface area contributed by atoms with Crippen molar-refractivity contribution < 1.29 is 14.0 Å². The first-order chi connectivity index (χ1) is 12.6. The fourth-order valence-corrected chi connectivity index (χ4v) is 5.42. The van der Waals surface area contributed by atoms with Crippen molar-refractivity contribution in [2.45, 2.75) is 49.6 Å². The molecule has 0 saturated carbocycles. The standard InChI is InChI=1S/C19H25FN3O2PS/c1-12(14-4-6-15(20)7-5-14)21-17-22-16(25)18(3,27-17)19(26)8-10-23(11-9-19)13(2)24/h4-7,12H,8-11,26H2,1-3H3,(H,21,22,25)/t12-,18?/m0/s1. The molecule has 2 amide bonds. The number of hydrogen-bond acceptors (Lipinski definition) is 4. The topological polar surface area (TPSA) is 61.8 Å². The normalized spacial score (nSPS) is 27.5. The second-order valence-corrected chi connectivity index (χ2v) is 9.93. The molecule has 0 aliphatic carbocycles. The summed E-state index contributed by atoms with van der Waals surface area (Å²) >= 11 is 1.45. The van der Waals surface area contributed by atoms with Crippen molar-refractivity contribution in [1.82, 2.24) is 10.2 Å². The van der Waals surface area contributed by atoms with E-state index in [-0.39, 0.29) is 28.8 Å². The summed E-state index contributed by atoms with van der Waals surface area (Å²) in [5.41, 5.74) is 0.891. The Balaban J connectivity index is 1.75. The van der Waals surface area contributed by atoms with E-state index in [0.29, 0.717) is 18.3 Å². The zero-order valence-electron chi connectivity index (χ0n) is 15.8. The lowest BCUT2D eigenvalue weighted by atomic mass is 9.82. The van der Waals surface area contributed by atoms with Gasteiger partial charge in [0.05, 0.1) is 6.04 Å². The van der Waals surface area contributed by atoms with Gasteiger partial charge in [-0.1, -0.05) is 23.9 Å². The second kappa shape index (κ2) is 7.51. The van der Waals surface area contributed by atoms with E-state index in [1.807, 2.05) is 18.7 Å². The van der Waals surface area contributed by atoms with Gasteiger partial charge in [0.15, 0.2) is 5.17 Å². The number of halogens is 1. The van der Waals surface area contributed by atoms with Crippen LogP contribution >= 0.6 is 21.0 Å². The van der Waals surface area contributed by atoms with Crippen LogP contribution in [0.2, 0.25) is 0 Å².